The number of carbonyl (C=O) groups excluding carboxylic acids is 1. The SMILES string of the molecule is C[C@@H]1C[C@H](CCC2(C)OCCO2)C(=O)N1Cc1ccccc1. The van der Waals surface area contributed by atoms with Crippen molar-refractivity contribution in [3.05, 3.63) is 35.9 Å². The third-order valence-corrected chi connectivity index (χ3v) is 4.83. The highest BCUT2D eigenvalue weighted by atomic mass is 16.7. The van der Waals surface area contributed by atoms with Crippen LogP contribution in [0.1, 0.15) is 38.7 Å². The van der Waals surface area contributed by atoms with Gasteiger partial charge in [-0.2, -0.15) is 0 Å². The van der Waals surface area contributed by atoms with E-state index >= 15 is 0 Å². The Balaban J connectivity index is 1.58. The molecule has 2 atom stereocenters. The lowest BCUT2D eigenvalue weighted by Gasteiger charge is -2.24. The van der Waals surface area contributed by atoms with Crippen LogP contribution < -0.4 is 0 Å². The molecule has 2 heterocycles. The minimum Gasteiger partial charge on any atom is -0.348 e. The smallest absolute Gasteiger partial charge is 0.226 e. The highest BCUT2D eigenvalue weighted by Gasteiger charge is 2.39. The Labute approximate surface area is 132 Å². The van der Waals surface area contributed by atoms with Gasteiger partial charge in [0.15, 0.2) is 5.79 Å². The fourth-order valence-electron chi connectivity index (χ4n) is 3.48. The first kappa shape index (κ1) is 15.5. The van der Waals surface area contributed by atoms with Crippen molar-refractivity contribution in [3.63, 3.8) is 0 Å². The zero-order valence-corrected chi connectivity index (χ0v) is 13.5. The first-order valence-electron chi connectivity index (χ1n) is 8.20. The van der Waals surface area contributed by atoms with Gasteiger partial charge in [0.1, 0.15) is 0 Å². The molecule has 1 aromatic carbocycles. The molecule has 0 N–H and O–H groups in total. The van der Waals surface area contributed by atoms with Crippen molar-refractivity contribution in [2.24, 2.45) is 5.92 Å². The molecule has 120 valence electrons. The standard InChI is InChI=1S/C18H25NO3/c1-14-12-16(8-9-18(2)21-10-11-22-18)17(20)19(14)13-15-6-4-3-5-7-15/h3-7,14,16H,8-13H2,1-2H3/t14-,16+/m1/s1. The lowest BCUT2D eigenvalue weighted by atomic mass is 9.97. The van der Waals surface area contributed by atoms with Crippen molar-refractivity contribution in [3.8, 4) is 0 Å². The van der Waals surface area contributed by atoms with Gasteiger partial charge in [-0.1, -0.05) is 30.3 Å². The lowest BCUT2D eigenvalue weighted by Crippen LogP contribution is -2.32. The molecular weight excluding hydrogens is 278 g/mol. The van der Waals surface area contributed by atoms with Gasteiger partial charge in [0.05, 0.1) is 13.2 Å². The van der Waals surface area contributed by atoms with Crippen LogP contribution in [0.2, 0.25) is 0 Å². The van der Waals surface area contributed by atoms with Crippen molar-refractivity contribution >= 4 is 5.91 Å². The second-order valence-corrected chi connectivity index (χ2v) is 6.60. The normalized spacial score (nSPS) is 27.5. The maximum atomic E-state index is 12.7. The largest absolute Gasteiger partial charge is 0.348 e. The molecule has 0 spiro atoms. The fourth-order valence-corrected chi connectivity index (χ4v) is 3.48. The van der Waals surface area contributed by atoms with Crippen molar-refractivity contribution in [1.29, 1.82) is 0 Å². The maximum Gasteiger partial charge on any atom is 0.226 e. The summed E-state index contributed by atoms with van der Waals surface area (Å²) in [5.41, 5.74) is 1.19. The molecule has 0 aromatic heterocycles. The zero-order chi connectivity index (χ0) is 15.6. The highest BCUT2D eigenvalue weighted by Crippen LogP contribution is 2.33. The molecule has 4 nitrogen and oxygen atoms in total. The summed E-state index contributed by atoms with van der Waals surface area (Å²) in [6.45, 7) is 6.15. The summed E-state index contributed by atoms with van der Waals surface area (Å²) >= 11 is 0. The molecule has 2 aliphatic heterocycles. The number of benzene rings is 1. The van der Waals surface area contributed by atoms with E-state index in [2.05, 4.69) is 19.1 Å². The van der Waals surface area contributed by atoms with E-state index in [-0.39, 0.29) is 11.8 Å². The number of likely N-dealkylation sites (tertiary alicyclic amines) is 1. The van der Waals surface area contributed by atoms with E-state index < -0.39 is 5.79 Å². The van der Waals surface area contributed by atoms with Crippen molar-refractivity contribution < 1.29 is 14.3 Å². The summed E-state index contributed by atoms with van der Waals surface area (Å²) in [4.78, 5) is 14.7. The van der Waals surface area contributed by atoms with E-state index in [1.54, 1.807) is 0 Å². The van der Waals surface area contributed by atoms with Crippen LogP contribution in [0.5, 0.6) is 0 Å². The van der Waals surface area contributed by atoms with Crippen molar-refractivity contribution in [1.82, 2.24) is 4.90 Å². The molecule has 0 aliphatic carbocycles. The fraction of sp³-hybridized carbons (Fsp3) is 0.611. The third kappa shape index (κ3) is 3.33. The van der Waals surface area contributed by atoms with Gasteiger partial charge < -0.3 is 14.4 Å². The molecule has 22 heavy (non-hydrogen) atoms. The average Bonchev–Trinajstić information content (AvgIpc) is 3.06. The number of amides is 1. The Morgan fingerprint density at radius 1 is 1.23 bits per heavy atom. The van der Waals surface area contributed by atoms with Gasteiger partial charge in [-0.3, -0.25) is 4.79 Å². The Bertz CT molecular complexity index is 510. The molecule has 4 heteroatoms. The summed E-state index contributed by atoms with van der Waals surface area (Å²) < 4.78 is 11.3. The molecule has 0 saturated carbocycles. The monoisotopic (exact) mass is 303 g/mol. The lowest BCUT2D eigenvalue weighted by molar-refractivity contribution is -0.151. The molecule has 2 fully saturated rings. The Hall–Kier alpha value is -1.39. The number of hydrogen-bond acceptors (Lipinski definition) is 3. The van der Waals surface area contributed by atoms with Crippen molar-refractivity contribution in [2.45, 2.75) is 51.5 Å². The average molecular weight is 303 g/mol. The maximum absolute atomic E-state index is 12.7. The van der Waals surface area contributed by atoms with E-state index in [4.69, 9.17) is 9.47 Å². The van der Waals surface area contributed by atoms with Gasteiger partial charge >= 0.3 is 0 Å². The predicted molar refractivity (Wildman–Crippen MR) is 84.1 cm³/mol. The molecule has 1 aromatic rings. The zero-order valence-electron chi connectivity index (χ0n) is 13.5. The van der Waals surface area contributed by atoms with Crippen LogP contribution in [-0.2, 0) is 20.8 Å². The number of rotatable bonds is 5. The molecule has 2 aliphatic rings. The second kappa shape index (κ2) is 6.39. The van der Waals surface area contributed by atoms with Gasteiger partial charge in [-0.05, 0) is 32.3 Å². The van der Waals surface area contributed by atoms with Crippen LogP contribution in [0, 0.1) is 5.92 Å². The Kier molecular flexibility index (Phi) is 4.50. The highest BCUT2D eigenvalue weighted by molar-refractivity contribution is 5.81. The van der Waals surface area contributed by atoms with E-state index in [0.29, 0.717) is 25.8 Å². The molecule has 1 amide bonds. The van der Waals surface area contributed by atoms with Gasteiger partial charge in [-0.15, -0.1) is 0 Å². The van der Waals surface area contributed by atoms with E-state index in [1.165, 1.54) is 5.56 Å². The number of nitrogens with zero attached hydrogens (tertiary/aromatic N) is 1. The second-order valence-electron chi connectivity index (χ2n) is 6.60. The van der Waals surface area contributed by atoms with Crippen LogP contribution in [-0.4, -0.2) is 35.8 Å². The van der Waals surface area contributed by atoms with Crippen LogP contribution in [0.4, 0.5) is 0 Å². The molecule has 0 radical (unpaired) electrons. The molecule has 2 saturated heterocycles. The first-order chi connectivity index (χ1) is 10.6. The van der Waals surface area contributed by atoms with E-state index in [0.717, 1.165) is 19.3 Å². The van der Waals surface area contributed by atoms with Crippen LogP contribution >= 0.6 is 0 Å². The van der Waals surface area contributed by atoms with Gasteiger partial charge in [-0.25, -0.2) is 0 Å². The molecule has 0 unspecified atom stereocenters. The minimum absolute atomic E-state index is 0.100. The topological polar surface area (TPSA) is 38.8 Å². The predicted octanol–water partition coefficient (Wildman–Crippen LogP) is 2.97. The summed E-state index contributed by atoms with van der Waals surface area (Å²) in [5, 5.41) is 0. The van der Waals surface area contributed by atoms with Crippen LogP contribution in [0.3, 0.4) is 0 Å². The summed E-state index contributed by atoms with van der Waals surface area (Å²) in [6, 6.07) is 10.5. The Morgan fingerprint density at radius 3 is 2.59 bits per heavy atom. The summed E-state index contributed by atoms with van der Waals surface area (Å²) in [5.74, 6) is -0.114. The summed E-state index contributed by atoms with van der Waals surface area (Å²) in [6.07, 6.45) is 2.56. The van der Waals surface area contributed by atoms with E-state index in [1.807, 2.05) is 30.0 Å². The van der Waals surface area contributed by atoms with E-state index in [9.17, 15) is 4.79 Å². The number of carbonyl (C=O) groups is 1. The minimum atomic E-state index is -0.490. The molecule has 0 bridgehead atoms. The molecule has 3 rings (SSSR count). The molecular formula is C18H25NO3. The van der Waals surface area contributed by atoms with Crippen LogP contribution in [0.15, 0.2) is 30.3 Å². The summed E-state index contributed by atoms with van der Waals surface area (Å²) in [7, 11) is 0. The van der Waals surface area contributed by atoms with Crippen molar-refractivity contribution in [2.75, 3.05) is 13.2 Å². The van der Waals surface area contributed by atoms with Gasteiger partial charge in [0.25, 0.3) is 0 Å². The van der Waals surface area contributed by atoms with Crippen LogP contribution in [0.25, 0.3) is 0 Å². The number of hydrogen-bond donors (Lipinski definition) is 0. The Morgan fingerprint density at radius 2 is 1.91 bits per heavy atom. The number of ether oxygens (including phenoxy) is 2. The van der Waals surface area contributed by atoms with Gasteiger partial charge in [0, 0.05) is 24.9 Å². The quantitative estimate of drug-likeness (QED) is 0.839. The first-order valence-corrected chi connectivity index (χ1v) is 8.20. The third-order valence-electron chi connectivity index (χ3n) is 4.83. The van der Waals surface area contributed by atoms with Gasteiger partial charge in [0.2, 0.25) is 5.91 Å².